The van der Waals surface area contributed by atoms with Gasteiger partial charge in [-0.05, 0) is 18.4 Å². The van der Waals surface area contributed by atoms with E-state index in [0.717, 1.165) is 37.9 Å². The Morgan fingerprint density at radius 2 is 1.92 bits per heavy atom. The second-order valence-electron chi connectivity index (χ2n) is 6.60. The highest BCUT2D eigenvalue weighted by atomic mass is 16.5. The standard InChI is InChI=1S/C20H23N5O/c1-26-20-21-11-16(12-22-20)13-25-10-9-17-19(24-14-23-17)18(25)8-7-15-5-3-2-4-6-15/h2-6,11-12,14,18H,7-10,13H2,1H3,(H,23,24). The molecule has 1 atom stereocenters. The molecule has 0 amide bonds. The number of aryl methyl sites for hydroxylation is 1. The number of nitrogens with one attached hydrogen (secondary N) is 1. The fraction of sp³-hybridized carbons (Fsp3) is 0.350. The van der Waals surface area contributed by atoms with Gasteiger partial charge in [0.05, 0.1) is 25.2 Å². The summed E-state index contributed by atoms with van der Waals surface area (Å²) >= 11 is 0. The molecule has 3 heterocycles. The molecule has 6 heteroatoms. The average Bonchev–Trinajstić information content (AvgIpc) is 3.17. The zero-order chi connectivity index (χ0) is 17.8. The Labute approximate surface area is 153 Å². The van der Waals surface area contributed by atoms with Crippen molar-refractivity contribution in [3.63, 3.8) is 0 Å². The molecule has 1 unspecified atom stereocenters. The molecule has 1 aromatic carbocycles. The van der Waals surface area contributed by atoms with Crippen molar-refractivity contribution in [2.75, 3.05) is 13.7 Å². The van der Waals surface area contributed by atoms with Gasteiger partial charge in [0.25, 0.3) is 0 Å². The maximum absolute atomic E-state index is 5.05. The minimum Gasteiger partial charge on any atom is -0.467 e. The first-order valence-electron chi connectivity index (χ1n) is 8.98. The van der Waals surface area contributed by atoms with Gasteiger partial charge < -0.3 is 9.72 Å². The molecule has 4 rings (SSSR count). The number of aromatic nitrogens is 4. The van der Waals surface area contributed by atoms with E-state index in [1.54, 1.807) is 7.11 Å². The van der Waals surface area contributed by atoms with Crippen LogP contribution in [-0.2, 0) is 19.4 Å². The molecule has 0 radical (unpaired) electrons. The number of hydrogen-bond acceptors (Lipinski definition) is 5. The van der Waals surface area contributed by atoms with Gasteiger partial charge in [0.2, 0.25) is 0 Å². The van der Waals surface area contributed by atoms with E-state index < -0.39 is 0 Å². The Morgan fingerprint density at radius 3 is 2.69 bits per heavy atom. The summed E-state index contributed by atoms with van der Waals surface area (Å²) in [5.41, 5.74) is 4.91. The van der Waals surface area contributed by atoms with Crippen LogP contribution in [0, 0.1) is 0 Å². The van der Waals surface area contributed by atoms with Crippen molar-refractivity contribution in [2.24, 2.45) is 0 Å². The molecule has 2 aromatic heterocycles. The monoisotopic (exact) mass is 349 g/mol. The molecule has 0 saturated carbocycles. The van der Waals surface area contributed by atoms with Crippen molar-refractivity contribution in [1.29, 1.82) is 0 Å². The smallest absolute Gasteiger partial charge is 0.316 e. The fourth-order valence-corrected chi connectivity index (χ4v) is 3.62. The first-order chi connectivity index (χ1) is 12.8. The number of nitrogens with zero attached hydrogens (tertiary/aromatic N) is 4. The lowest BCUT2D eigenvalue weighted by Gasteiger charge is -2.35. The van der Waals surface area contributed by atoms with Crippen molar-refractivity contribution in [3.8, 4) is 6.01 Å². The summed E-state index contributed by atoms with van der Waals surface area (Å²) in [5, 5.41) is 0. The quantitative estimate of drug-likeness (QED) is 0.741. The predicted octanol–water partition coefficient (Wildman–Crippen LogP) is 2.94. The third kappa shape index (κ3) is 3.60. The number of methoxy groups -OCH3 is 1. The highest BCUT2D eigenvalue weighted by Crippen LogP contribution is 2.32. The lowest BCUT2D eigenvalue weighted by atomic mass is 9.96. The third-order valence-corrected chi connectivity index (χ3v) is 4.96. The molecule has 0 fully saturated rings. The van der Waals surface area contributed by atoms with Crippen LogP contribution in [0.15, 0.2) is 49.1 Å². The van der Waals surface area contributed by atoms with E-state index in [0.29, 0.717) is 12.1 Å². The van der Waals surface area contributed by atoms with Crippen LogP contribution in [-0.4, -0.2) is 38.5 Å². The first-order valence-corrected chi connectivity index (χ1v) is 8.98. The van der Waals surface area contributed by atoms with Gasteiger partial charge in [0.15, 0.2) is 0 Å². The number of ether oxygens (including phenoxy) is 1. The summed E-state index contributed by atoms with van der Waals surface area (Å²) in [6, 6.07) is 11.3. The number of H-pyrrole nitrogens is 1. The number of hydrogen-bond donors (Lipinski definition) is 1. The second-order valence-corrected chi connectivity index (χ2v) is 6.60. The molecule has 0 aliphatic carbocycles. The summed E-state index contributed by atoms with van der Waals surface area (Å²) in [7, 11) is 1.58. The Balaban J connectivity index is 1.51. The van der Waals surface area contributed by atoms with E-state index in [9.17, 15) is 0 Å². The normalized spacial score (nSPS) is 17.0. The van der Waals surface area contributed by atoms with Crippen molar-refractivity contribution in [3.05, 3.63) is 71.6 Å². The molecule has 134 valence electrons. The molecule has 1 N–H and O–H groups in total. The lowest BCUT2D eigenvalue weighted by molar-refractivity contribution is 0.162. The first kappa shape index (κ1) is 16.7. The van der Waals surface area contributed by atoms with E-state index in [-0.39, 0.29) is 0 Å². The minimum atomic E-state index is 0.298. The molecule has 0 spiro atoms. The van der Waals surface area contributed by atoms with E-state index in [1.165, 1.54) is 17.0 Å². The zero-order valence-electron chi connectivity index (χ0n) is 14.9. The Morgan fingerprint density at radius 1 is 1.12 bits per heavy atom. The van der Waals surface area contributed by atoms with Crippen LogP contribution in [0.1, 0.15) is 35.0 Å². The van der Waals surface area contributed by atoms with Gasteiger partial charge in [-0.25, -0.2) is 15.0 Å². The topological polar surface area (TPSA) is 66.9 Å². The molecule has 0 bridgehead atoms. The van der Waals surface area contributed by atoms with Crippen LogP contribution in [0.3, 0.4) is 0 Å². The van der Waals surface area contributed by atoms with Gasteiger partial charge in [-0.15, -0.1) is 0 Å². The Hall–Kier alpha value is -2.73. The molecule has 1 aliphatic rings. The second kappa shape index (κ2) is 7.66. The van der Waals surface area contributed by atoms with E-state index in [2.05, 4.69) is 55.2 Å². The highest BCUT2D eigenvalue weighted by Gasteiger charge is 2.29. The van der Waals surface area contributed by atoms with E-state index in [1.807, 2.05) is 18.7 Å². The minimum absolute atomic E-state index is 0.298. The van der Waals surface area contributed by atoms with Crippen molar-refractivity contribution < 1.29 is 4.74 Å². The third-order valence-electron chi connectivity index (χ3n) is 4.96. The highest BCUT2D eigenvalue weighted by molar-refractivity contribution is 5.22. The maximum atomic E-state index is 5.05. The number of fused-ring (bicyclic) bond motifs is 1. The van der Waals surface area contributed by atoms with Gasteiger partial charge in [-0.3, -0.25) is 4.90 Å². The molecule has 0 saturated heterocycles. The van der Waals surface area contributed by atoms with Crippen LogP contribution in [0.5, 0.6) is 6.01 Å². The summed E-state index contributed by atoms with van der Waals surface area (Å²) in [6.45, 7) is 1.82. The maximum Gasteiger partial charge on any atom is 0.316 e. The van der Waals surface area contributed by atoms with Gasteiger partial charge >= 0.3 is 6.01 Å². The summed E-state index contributed by atoms with van der Waals surface area (Å²) in [4.78, 5) is 18.9. The molecule has 3 aromatic rings. The van der Waals surface area contributed by atoms with Crippen LogP contribution >= 0.6 is 0 Å². The number of benzene rings is 1. The fourth-order valence-electron chi connectivity index (χ4n) is 3.62. The number of rotatable bonds is 6. The Bertz CT molecular complexity index is 831. The van der Waals surface area contributed by atoms with Gasteiger partial charge in [-0.2, -0.15) is 0 Å². The molecule has 6 nitrogen and oxygen atoms in total. The van der Waals surface area contributed by atoms with Crippen LogP contribution in [0.25, 0.3) is 0 Å². The molecular formula is C20H23N5O. The summed E-state index contributed by atoms with van der Waals surface area (Å²) in [6.07, 6.45) is 8.58. The van der Waals surface area contributed by atoms with E-state index >= 15 is 0 Å². The molecule has 1 aliphatic heterocycles. The van der Waals surface area contributed by atoms with E-state index in [4.69, 9.17) is 4.74 Å². The predicted molar refractivity (Wildman–Crippen MR) is 98.8 cm³/mol. The summed E-state index contributed by atoms with van der Waals surface area (Å²) < 4.78 is 5.05. The largest absolute Gasteiger partial charge is 0.467 e. The Kier molecular flexibility index (Phi) is 4.93. The van der Waals surface area contributed by atoms with Crippen LogP contribution in [0.2, 0.25) is 0 Å². The zero-order valence-corrected chi connectivity index (χ0v) is 14.9. The van der Waals surface area contributed by atoms with Gasteiger partial charge in [-0.1, -0.05) is 30.3 Å². The van der Waals surface area contributed by atoms with Gasteiger partial charge in [0.1, 0.15) is 0 Å². The average molecular weight is 349 g/mol. The molecular weight excluding hydrogens is 326 g/mol. The van der Waals surface area contributed by atoms with Crippen molar-refractivity contribution in [1.82, 2.24) is 24.8 Å². The van der Waals surface area contributed by atoms with Crippen molar-refractivity contribution in [2.45, 2.75) is 31.8 Å². The number of aromatic amines is 1. The van der Waals surface area contributed by atoms with Crippen molar-refractivity contribution >= 4 is 0 Å². The van der Waals surface area contributed by atoms with Gasteiger partial charge in [0, 0.05) is 43.2 Å². The molecule has 26 heavy (non-hydrogen) atoms. The van der Waals surface area contributed by atoms with Crippen LogP contribution in [0.4, 0.5) is 0 Å². The summed E-state index contributed by atoms with van der Waals surface area (Å²) in [5.74, 6) is 0. The lowest BCUT2D eigenvalue weighted by Crippen LogP contribution is -2.35. The number of imidazole rings is 1. The van der Waals surface area contributed by atoms with Crippen LogP contribution < -0.4 is 4.74 Å². The SMILES string of the molecule is COc1ncc(CN2CCc3[nH]cnc3C2CCc2ccccc2)cn1.